The summed E-state index contributed by atoms with van der Waals surface area (Å²) >= 11 is 1.46. The van der Waals surface area contributed by atoms with Gasteiger partial charge in [0.05, 0.1) is 55.1 Å². The number of urea groups is 1. The van der Waals surface area contributed by atoms with Gasteiger partial charge in [0.25, 0.3) is 5.91 Å². The predicted octanol–water partition coefficient (Wildman–Crippen LogP) is 5.51. The highest BCUT2D eigenvalue weighted by atomic mass is 32.2. The van der Waals surface area contributed by atoms with Gasteiger partial charge in [-0.05, 0) is 99.8 Å². The molecule has 1 saturated heterocycles. The molecule has 4 aromatic rings. The fourth-order valence-electron chi connectivity index (χ4n) is 11.9. The number of hydrogen-bond acceptors (Lipinski definition) is 19. The second-order valence-electron chi connectivity index (χ2n) is 26.8. The van der Waals surface area contributed by atoms with Crippen LogP contribution >= 0.6 is 11.3 Å². The maximum Gasteiger partial charge on any atom is 0.408 e. The molecule has 0 unspecified atom stereocenters. The molecule has 31 heteroatoms. The summed E-state index contributed by atoms with van der Waals surface area (Å²) < 4.78 is 41.0. The number of thiazole rings is 1. The Morgan fingerprint density at radius 2 is 1.46 bits per heavy atom. The normalized spacial score (nSPS) is 15.8. The summed E-state index contributed by atoms with van der Waals surface area (Å²) in [6.07, 6.45) is 6.64. The molecule has 10 atom stereocenters. The summed E-state index contributed by atoms with van der Waals surface area (Å²) in [6, 6.07) is 10.7. The maximum atomic E-state index is 14.7. The Hall–Kier alpha value is -8.68. The number of nitrogens with two attached hydrogens (primary N) is 1. The highest BCUT2D eigenvalue weighted by Crippen LogP contribution is 2.31. The average Bonchev–Trinajstić information content (AvgIpc) is 1.79. The maximum absolute atomic E-state index is 14.7. The van der Waals surface area contributed by atoms with E-state index in [1.165, 1.54) is 37.2 Å². The molecule has 10 N–H and O–H groups in total. The lowest BCUT2D eigenvalue weighted by Crippen LogP contribution is -2.62. The van der Waals surface area contributed by atoms with Crippen molar-refractivity contribution in [2.24, 2.45) is 29.4 Å². The summed E-state index contributed by atoms with van der Waals surface area (Å²) in [5.41, 5.74) is 5.46. The molecule has 556 valence electrons. The van der Waals surface area contributed by atoms with E-state index in [0.717, 1.165) is 29.2 Å². The van der Waals surface area contributed by atoms with Crippen molar-refractivity contribution in [3.8, 4) is 0 Å². The average molecular weight is 1450 g/mol. The molecule has 11 amide bonds. The number of anilines is 1. The van der Waals surface area contributed by atoms with Crippen molar-refractivity contribution in [3.05, 3.63) is 100 Å². The largest absolute Gasteiger partial charge is 0.445 e. The molecule has 1 aliphatic rings. The molecule has 101 heavy (non-hydrogen) atoms. The van der Waals surface area contributed by atoms with Crippen LogP contribution < -0.4 is 48.3 Å². The third-order valence-electron chi connectivity index (χ3n) is 17.9. The minimum Gasteiger partial charge on any atom is -0.445 e. The quantitative estimate of drug-likeness (QED) is 0.0248. The van der Waals surface area contributed by atoms with E-state index in [-0.39, 0.29) is 79.9 Å². The number of benzene rings is 2. The Kier molecular flexibility index (Phi) is 32.9. The van der Waals surface area contributed by atoms with Gasteiger partial charge in [0.1, 0.15) is 41.0 Å². The number of carbonyl (C=O) groups excluding carboxylic acids is 10. The zero-order valence-electron chi connectivity index (χ0n) is 60.3. The van der Waals surface area contributed by atoms with E-state index >= 15 is 0 Å². The number of sulfone groups is 1. The zero-order valence-corrected chi connectivity index (χ0v) is 61.9. The Morgan fingerprint density at radius 3 is 2.05 bits per heavy atom. The fraction of sp³-hybridized carbons (Fsp3) is 0.586. The molecule has 29 nitrogen and oxygen atoms in total. The molecule has 0 saturated carbocycles. The number of hydrogen-bond donors (Lipinski definition) is 9. The molecule has 2 aromatic heterocycles. The van der Waals surface area contributed by atoms with Crippen molar-refractivity contribution in [2.75, 3.05) is 52.5 Å². The third kappa shape index (κ3) is 25.7. The van der Waals surface area contributed by atoms with Crippen LogP contribution in [0.2, 0.25) is 0 Å². The van der Waals surface area contributed by atoms with Crippen molar-refractivity contribution >= 4 is 86.2 Å². The number of primary amides is 1. The van der Waals surface area contributed by atoms with Crippen LogP contribution in [0, 0.1) is 23.7 Å². The van der Waals surface area contributed by atoms with Gasteiger partial charge in [-0.3, -0.25) is 38.4 Å². The van der Waals surface area contributed by atoms with E-state index in [0.29, 0.717) is 62.7 Å². The van der Waals surface area contributed by atoms with Gasteiger partial charge < -0.3 is 72.3 Å². The monoisotopic (exact) mass is 1440 g/mol. The van der Waals surface area contributed by atoms with Gasteiger partial charge in [-0.2, -0.15) is 0 Å². The van der Waals surface area contributed by atoms with E-state index in [1.54, 1.807) is 77.2 Å². The van der Waals surface area contributed by atoms with Crippen LogP contribution in [0.3, 0.4) is 0 Å². The number of methoxy groups -OCH3 is 2. The number of nitrogens with one attached hydrogen (secondary N) is 8. The summed E-state index contributed by atoms with van der Waals surface area (Å²) in [4.78, 5) is 151. The lowest BCUT2D eigenvalue weighted by molar-refractivity contribution is -0.148. The lowest BCUT2D eigenvalue weighted by atomic mass is 9.89. The number of alkyl carbamates (subject to hydrolysis) is 1. The molecule has 0 spiro atoms. The van der Waals surface area contributed by atoms with E-state index in [4.69, 9.17) is 19.9 Å². The van der Waals surface area contributed by atoms with Crippen molar-refractivity contribution in [2.45, 2.75) is 199 Å². The zero-order chi connectivity index (χ0) is 74.7. The van der Waals surface area contributed by atoms with Gasteiger partial charge in [0, 0.05) is 70.8 Å². The molecular weight excluding hydrogens is 1340 g/mol. The minimum atomic E-state index is -3.58. The van der Waals surface area contributed by atoms with Crippen LogP contribution in [0.25, 0.3) is 0 Å². The molecule has 5 rings (SSSR count). The molecule has 0 radical (unpaired) electrons. The van der Waals surface area contributed by atoms with Gasteiger partial charge in [0.2, 0.25) is 41.4 Å². The van der Waals surface area contributed by atoms with Crippen molar-refractivity contribution in [1.82, 2.24) is 62.0 Å². The number of aromatic nitrogens is 3. The molecule has 2 aromatic carbocycles. The second-order valence-corrected chi connectivity index (χ2v) is 29.7. The van der Waals surface area contributed by atoms with Crippen LogP contribution in [0.1, 0.15) is 159 Å². The van der Waals surface area contributed by atoms with Crippen molar-refractivity contribution in [3.63, 3.8) is 0 Å². The van der Waals surface area contributed by atoms with E-state index < -0.39 is 123 Å². The van der Waals surface area contributed by atoms with Gasteiger partial charge in [-0.25, -0.2) is 33.0 Å². The van der Waals surface area contributed by atoms with E-state index in [2.05, 4.69) is 57.5 Å². The first-order valence-corrected chi connectivity index (χ1v) is 37.0. The number of unbranched alkanes of at least 4 members (excludes halogenated alkanes) is 2. The van der Waals surface area contributed by atoms with Gasteiger partial charge in [-0.15, -0.1) is 11.3 Å². The Balaban J connectivity index is 1.13. The molecule has 0 bridgehead atoms. The topological polar surface area (TPSA) is 400 Å². The number of likely N-dealkylation sites (tertiary alicyclic amines) is 1. The van der Waals surface area contributed by atoms with Crippen LogP contribution in [0.15, 0.2) is 83.6 Å². The van der Waals surface area contributed by atoms with Gasteiger partial charge >= 0.3 is 12.1 Å². The van der Waals surface area contributed by atoms with Crippen LogP contribution in [0.5, 0.6) is 0 Å². The number of amides is 11. The number of nitrogens with zero attached hydrogens (tertiary/aromatic N) is 5. The number of rotatable bonds is 40. The van der Waals surface area contributed by atoms with E-state index in [9.17, 15) is 56.4 Å². The van der Waals surface area contributed by atoms with Crippen LogP contribution in [-0.4, -0.2) is 188 Å². The minimum absolute atomic E-state index is 0.0528. The fourth-order valence-corrected chi connectivity index (χ4v) is 13.0. The molecule has 1 aliphatic heterocycles. The van der Waals surface area contributed by atoms with Crippen LogP contribution in [-0.2, 0) is 70.6 Å². The summed E-state index contributed by atoms with van der Waals surface area (Å²) in [5, 5.41) is 24.5. The van der Waals surface area contributed by atoms with Gasteiger partial charge in [0.15, 0.2) is 14.9 Å². The molecule has 1 fully saturated rings. The number of ether oxygens (including phenoxy) is 3. The van der Waals surface area contributed by atoms with Crippen molar-refractivity contribution in [1.29, 1.82) is 0 Å². The van der Waals surface area contributed by atoms with Crippen LogP contribution in [0.4, 0.5) is 15.3 Å². The third-order valence-corrected chi connectivity index (χ3v) is 19.7. The summed E-state index contributed by atoms with van der Waals surface area (Å²) in [7, 11) is 1.10. The van der Waals surface area contributed by atoms with Crippen molar-refractivity contribution < 1.29 is 70.6 Å². The second kappa shape index (κ2) is 40.1. The highest BCUT2D eigenvalue weighted by molar-refractivity contribution is 7.90. The van der Waals surface area contributed by atoms with Gasteiger partial charge in [-0.1, -0.05) is 104 Å². The predicted molar refractivity (Wildman–Crippen MR) is 380 cm³/mol. The highest BCUT2D eigenvalue weighted by Gasteiger charge is 2.44. The number of likely N-dealkylation sites (N-methyl/N-ethyl adjacent to an activating group) is 1. The Labute approximate surface area is 596 Å². The Bertz CT molecular complexity index is 3490. The van der Waals surface area contributed by atoms with E-state index in [1.807, 2.05) is 56.5 Å². The summed E-state index contributed by atoms with van der Waals surface area (Å²) in [6.45, 7) is 16.3. The Morgan fingerprint density at radius 1 is 0.772 bits per heavy atom. The standard InChI is InChI=1S/C70H104N14O15S2/c1-14-44(6)59(53(97-11)38-56(86)84-35-22-26-52(84)60(98-12)45(7)61(87)79-50(65-73-34-36-100-65)37-46-23-17-15-18-24-46)83(10)66(91)58(43(4)5)81-67(92)70(8,9)82-69(94)99-41-47-28-30-48(31-29-47)77-63(89)49(25-21-33-74-68(71)93)78-64(90)57(42(2)3)80-54(85)27-19-16-20-32-72-62(88)51-39-76-55(40-75-51)101(13,95)96/h15,17-18,23-24,28-31,34,36,39-40,42-45,49-50,52-53,57-60H,14,16,19-22,25-27,32-33,35,37-38,41H2,1-13H3,(H,72,88)(H,77,89)(H,78,90)(H,79,87)(H,80,85)(H,81,92)(H,82,94)(H3,71,74,93)/t44-,45+,49-,50-,52-,53+,57-,58-,59-,60+/m0/s1. The molecule has 3 heterocycles. The molecule has 0 aliphatic carbocycles. The summed E-state index contributed by atoms with van der Waals surface area (Å²) in [5.74, 6) is -5.38. The SMILES string of the molecule is CC[C@H](C)[C@@H]([C@@H](CC(=O)N1CCC[C@H]1[C@H](OC)[C@@H](C)C(=O)N[C@@H](Cc1ccccc1)c1nccs1)OC)N(C)C(=O)[C@@H](NC(=O)C(C)(C)NC(=O)OCc1ccc(NC(=O)[C@H](CCCNC(N)=O)NC(=O)[C@@H](NC(=O)CCCCCNC(=O)c2cnc(S(C)(=O)=O)cn2)C(C)C)cc1)C(C)C. The molecular formula is C70H104N14O15S2. The smallest absolute Gasteiger partial charge is 0.408 e. The lowest BCUT2D eigenvalue weighted by Gasteiger charge is -2.41. The first-order valence-electron chi connectivity index (χ1n) is 34.2. The number of carbonyl (C=O) groups is 10. The first-order chi connectivity index (χ1) is 47.8. The first kappa shape index (κ1) is 83.0.